The molecule has 106 valence electrons. The Hall–Kier alpha value is -0.680. The van der Waals surface area contributed by atoms with Gasteiger partial charge < -0.3 is 9.84 Å². The maximum absolute atomic E-state index is 8.72. The number of hydrogen-bond donors (Lipinski definition) is 1. The molecule has 2 rings (SSSR count). The van der Waals surface area contributed by atoms with Crippen LogP contribution < -0.4 is 0 Å². The first-order chi connectivity index (χ1) is 9.29. The van der Waals surface area contributed by atoms with Gasteiger partial charge >= 0.3 is 0 Å². The van der Waals surface area contributed by atoms with E-state index in [0.29, 0.717) is 12.7 Å². The third-order valence-electron chi connectivity index (χ3n) is 3.44. The summed E-state index contributed by atoms with van der Waals surface area (Å²) in [4.78, 5) is 6.40. The molecule has 2 heterocycles. The van der Waals surface area contributed by atoms with E-state index in [-0.39, 0.29) is 6.61 Å². The van der Waals surface area contributed by atoms with Crippen molar-refractivity contribution < 1.29 is 9.84 Å². The summed E-state index contributed by atoms with van der Waals surface area (Å²) >= 11 is 6.12. The summed E-state index contributed by atoms with van der Waals surface area (Å²) in [5.41, 5.74) is 1.14. The number of ether oxygens (including phenoxy) is 1. The molecule has 0 amide bonds. The Balaban J connectivity index is 1.73. The number of hydrogen-bond acceptors (Lipinski definition) is 4. The van der Waals surface area contributed by atoms with Crippen LogP contribution in [0.15, 0.2) is 18.5 Å². The number of aliphatic hydroxyl groups is 1. The molecule has 0 atom stereocenters. The Morgan fingerprint density at radius 1 is 1.42 bits per heavy atom. The minimum atomic E-state index is 0.208. The highest BCUT2D eigenvalue weighted by atomic mass is 35.5. The van der Waals surface area contributed by atoms with Crippen molar-refractivity contribution in [1.29, 1.82) is 0 Å². The number of aliphatic hydroxyl groups excluding tert-OH is 1. The second kappa shape index (κ2) is 7.80. The maximum atomic E-state index is 8.72. The number of nitrogens with zero attached hydrogens (tertiary/aromatic N) is 2. The Kier molecular flexibility index (Phi) is 6.04. The standard InChI is InChI=1S/C14H21ClN2O2/c15-14-10-16-5-2-12(14)11-17-6-3-13(4-7-17)19-9-1-8-18/h2,5,10,13,18H,1,3-4,6-9,11H2. The molecule has 1 fully saturated rings. The van der Waals surface area contributed by atoms with Crippen molar-refractivity contribution >= 4 is 11.6 Å². The van der Waals surface area contributed by atoms with Crippen molar-refractivity contribution in [2.24, 2.45) is 0 Å². The highest BCUT2D eigenvalue weighted by Gasteiger charge is 2.20. The van der Waals surface area contributed by atoms with Gasteiger partial charge in [0.25, 0.3) is 0 Å². The SMILES string of the molecule is OCCCOC1CCN(Cc2ccncc2Cl)CC1. The molecule has 0 spiro atoms. The zero-order chi connectivity index (χ0) is 13.5. The van der Waals surface area contributed by atoms with Crippen molar-refractivity contribution in [2.75, 3.05) is 26.3 Å². The number of likely N-dealkylation sites (tertiary alicyclic amines) is 1. The molecule has 1 aromatic rings. The predicted molar refractivity (Wildman–Crippen MR) is 75.2 cm³/mol. The monoisotopic (exact) mass is 284 g/mol. The van der Waals surface area contributed by atoms with Gasteiger partial charge in [-0.2, -0.15) is 0 Å². The lowest BCUT2D eigenvalue weighted by Gasteiger charge is -2.32. The van der Waals surface area contributed by atoms with Gasteiger partial charge in [0.15, 0.2) is 0 Å². The fourth-order valence-electron chi connectivity index (χ4n) is 2.32. The van der Waals surface area contributed by atoms with Crippen LogP contribution in [0.3, 0.4) is 0 Å². The van der Waals surface area contributed by atoms with Gasteiger partial charge in [0, 0.05) is 45.2 Å². The van der Waals surface area contributed by atoms with Gasteiger partial charge in [0.05, 0.1) is 11.1 Å². The van der Waals surface area contributed by atoms with E-state index in [1.54, 1.807) is 12.4 Å². The summed E-state index contributed by atoms with van der Waals surface area (Å²) < 4.78 is 5.72. The molecule has 0 radical (unpaired) electrons. The maximum Gasteiger partial charge on any atom is 0.0634 e. The lowest BCUT2D eigenvalue weighted by molar-refractivity contribution is 0.000788. The van der Waals surface area contributed by atoms with Crippen LogP contribution in [0.1, 0.15) is 24.8 Å². The second-order valence-electron chi connectivity index (χ2n) is 4.89. The molecule has 0 bridgehead atoms. The first-order valence-electron chi connectivity index (χ1n) is 6.83. The summed E-state index contributed by atoms with van der Waals surface area (Å²) in [5.74, 6) is 0. The van der Waals surface area contributed by atoms with E-state index in [0.717, 1.165) is 49.5 Å². The zero-order valence-corrected chi connectivity index (χ0v) is 11.9. The Morgan fingerprint density at radius 3 is 2.89 bits per heavy atom. The molecule has 19 heavy (non-hydrogen) atoms. The van der Waals surface area contributed by atoms with Crippen LogP contribution in [0, 0.1) is 0 Å². The van der Waals surface area contributed by atoms with Gasteiger partial charge in [-0.05, 0) is 30.9 Å². The van der Waals surface area contributed by atoms with Crippen molar-refractivity contribution in [1.82, 2.24) is 9.88 Å². The van der Waals surface area contributed by atoms with Crippen LogP contribution in [0.2, 0.25) is 5.02 Å². The number of rotatable bonds is 6. The van der Waals surface area contributed by atoms with Gasteiger partial charge in [-0.3, -0.25) is 9.88 Å². The summed E-state index contributed by atoms with van der Waals surface area (Å²) in [5, 5.41) is 9.46. The average Bonchev–Trinajstić information content (AvgIpc) is 2.44. The van der Waals surface area contributed by atoms with Crippen molar-refractivity contribution in [2.45, 2.75) is 31.9 Å². The van der Waals surface area contributed by atoms with Crippen LogP contribution in [0.25, 0.3) is 0 Å². The van der Waals surface area contributed by atoms with E-state index < -0.39 is 0 Å². The first-order valence-corrected chi connectivity index (χ1v) is 7.20. The second-order valence-corrected chi connectivity index (χ2v) is 5.30. The largest absolute Gasteiger partial charge is 0.396 e. The number of aromatic nitrogens is 1. The lowest BCUT2D eigenvalue weighted by atomic mass is 10.1. The van der Waals surface area contributed by atoms with Crippen LogP contribution in [0.5, 0.6) is 0 Å². The molecule has 1 aliphatic heterocycles. The molecular formula is C14H21ClN2O2. The van der Waals surface area contributed by atoms with E-state index in [1.807, 2.05) is 6.07 Å². The molecule has 1 saturated heterocycles. The quantitative estimate of drug-likeness (QED) is 0.813. The first kappa shape index (κ1) is 14.7. The van der Waals surface area contributed by atoms with Crippen molar-refractivity contribution in [3.8, 4) is 0 Å². The molecule has 0 unspecified atom stereocenters. The summed E-state index contributed by atoms with van der Waals surface area (Å²) in [7, 11) is 0. The third kappa shape index (κ3) is 4.73. The number of pyridine rings is 1. The molecule has 4 nitrogen and oxygen atoms in total. The molecule has 0 aromatic carbocycles. The zero-order valence-electron chi connectivity index (χ0n) is 11.1. The minimum Gasteiger partial charge on any atom is -0.396 e. The van der Waals surface area contributed by atoms with E-state index in [2.05, 4.69) is 9.88 Å². The predicted octanol–water partition coefficient (Wildman–Crippen LogP) is 2.10. The average molecular weight is 285 g/mol. The molecule has 0 aliphatic carbocycles. The van der Waals surface area contributed by atoms with Crippen molar-refractivity contribution in [3.63, 3.8) is 0 Å². The van der Waals surface area contributed by atoms with E-state index in [9.17, 15) is 0 Å². The lowest BCUT2D eigenvalue weighted by Crippen LogP contribution is -2.36. The Labute approximate surface area is 119 Å². The van der Waals surface area contributed by atoms with Crippen LogP contribution in [-0.2, 0) is 11.3 Å². The van der Waals surface area contributed by atoms with Gasteiger partial charge in [-0.15, -0.1) is 0 Å². The molecule has 1 aliphatic rings. The number of halogens is 1. The van der Waals surface area contributed by atoms with E-state index >= 15 is 0 Å². The summed E-state index contributed by atoms with van der Waals surface area (Å²) in [6, 6.07) is 1.98. The van der Waals surface area contributed by atoms with Gasteiger partial charge in [-0.1, -0.05) is 11.6 Å². The molecular weight excluding hydrogens is 264 g/mol. The molecule has 0 saturated carbocycles. The topological polar surface area (TPSA) is 45.6 Å². The van der Waals surface area contributed by atoms with Crippen molar-refractivity contribution in [3.05, 3.63) is 29.0 Å². The Bertz CT molecular complexity index is 381. The number of piperidine rings is 1. The summed E-state index contributed by atoms with van der Waals surface area (Å²) in [6.07, 6.45) is 6.65. The highest BCUT2D eigenvalue weighted by molar-refractivity contribution is 6.31. The minimum absolute atomic E-state index is 0.208. The van der Waals surface area contributed by atoms with Crippen LogP contribution >= 0.6 is 11.6 Å². The van der Waals surface area contributed by atoms with Gasteiger partial charge in [0.1, 0.15) is 0 Å². The Morgan fingerprint density at radius 2 is 2.21 bits per heavy atom. The van der Waals surface area contributed by atoms with E-state index in [1.165, 1.54) is 0 Å². The molecule has 5 heteroatoms. The van der Waals surface area contributed by atoms with Crippen LogP contribution in [-0.4, -0.2) is 47.4 Å². The fourth-order valence-corrected chi connectivity index (χ4v) is 2.50. The summed E-state index contributed by atoms with van der Waals surface area (Å²) in [6.45, 7) is 3.81. The third-order valence-corrected chi connectivity index (χ3v) is 3.78. The van der Waals surface area contributed by atoms with Gasteiger partial charge in [0.2, 0.25) is 0 Å². The molecule has 1 aromatic heterocycles. The molecule has 1 N–H and O–H groups in total. The fraction of sp³-hybridized carbons (Fsp3) is 0.643. The normalized spacial score (nSPS) is 17.8. The van der Waals surface area contributed by atoms with Crippen LogP contribution in [0.4, 0.5) is 0 Å². The van der Waals surface area contributed by atoms with E-state index in [4.69, 9.17) is 21.4 Å². The highest BCUT2D eigenvalue weighted by Crippen LogP contribution is 2.20. The smallest absolute Gasteiger partial charge is 0.0634 e. The van der Waals surface area contributed by atoms with Gasteiger partial charge in [-0.25, -0.2) is 0 Å².